The molecule has 1 amide bonds. The zero-order chi connectivity index (χ0) is 18.2. The van der Waals surface area contributed by atoms with E-state index in [-0.39, 0.29) is 5.91 Å². The summed E-state index contributed by atoms with van der Waals surface area (Å²) >= 11 is 9.25. The predicted octanol–water partition coefficient (Wildman–Crippen LogP) is 3.08. The Balaban J connectivity index is 1.37. The smallest absolute Gasteiger partial charge is 0.226 e. The van der Waals surface area contributed by atoms with E-state index in [1.54, 1.807) is 23.1 Å². The lowest BCUT2D eigenvalue weighted by Gasteiger charge is -2.26. The third kappa shape index (κ3) is 6.55. The largest absolute Gasteiger partial charge is 0.379 e. The molecule has 5 nitrogen and oxygen atoms in total. The number of hydrogen-bond acceptors (Lipinski definition) is 6. The lowest BCUT2D eigenvalue weighted by molar-refractivity contribution is -0.120. The number of amides is 1. The average Bonchev–Trinajstić information content (AvgIpc) is 3.08. The summed E-state index contributed by atoms with van der Waals surface area (Å²) < 4.78 is 6.29. The standard InChI is InChI=1S/C18H22ClN3O2S2/c19-15-3-1-2-14(10-15)12-25-18-21-16(13-26-18)11-17(23)20-4-5-22-6-8-24-9-7-22/h1-3,10,13H,4-9,11-12H2,(H,20,23). The molecule has 1 saturated heterocycles. The molecule has 0 atom stereocenters. The van der Waals surface area contributed by atoms with Crippen molar-refractivity contribution in [2.75, 3.05) is 39.4 Å². The van der Waals surface area contributed by atoms with Crippen LogP contribution >= 0.6 is 34.7 Å². The van der Waals surface area contributed by atoms with E-state index < -0.39 is 0 Å². The zero-order valence-electron chi connectivity index (χ0n) is 14.4. The van der Waals surface area contributed by atoms with Crippen LogP contribution in [0.4, 0.5) is 0 Å². The predicted molar refractivity (Wildman–Crippen MR) is 107 cm³/mol. The van der Waals surface area contributed by atoms with Crippen molar-refractivity contribution < 1.29 is 9.53 Å². The molecule has 0 unspecified atom stereocenters. The maximum Gasteiger partial charge on any atom is 0.226 e. The van der Waals surface area contributed by atoms with Crippen LogP contribution in [-0.2, 0) is 21.7 Å². The summed E-state index contributed by atoms with van der Waals surface area (Å²) in [7, 11) is 0. The van der Waals surface area contributed by atoms with E-state index in [0.29, 0.717) is 13.0 Å². The van der Waals surface area contributed by atoms with E-state index >= 15 is 0 Å². The number of morpholine rings is 1. The fourth-order valence-corrected chi connectivity index (χ4v) is 4.61. The molecule has 0 saturated carbocycles. The molecule has 0 aliphatic carbocycles. The van der Waals surface area contributed by atoms with Crippen LogP contribution < -0.4 is 5.32 Å². The highest BCUT2D eigenvalue weighted by Gasteiger charge is 2.11. The topological polar surface area (TPSA) is 54.5 Å². The van der Waals surface area contributed by atoms with Crippen molar-refractivity contribution in [3.05, 3.63) is 45.9 Å². The van der Waals surface area contributed by atoms with E-state index in [9.17, 15) is 4.79 Å². The van der Waals surface area contributed by atoms with Gasteiger partial charge in [0, 0.05) is 42.3 Å². The SMILES string of the molecule is O=C(Cc1csc(SCc2cccc(Cl)c2)n1)NCCN1CCOCC1. The molecule has 1 aromatic heterocycles. The van der Waals surface area contributed by atoms with Crippen LogP contribution in [0.1, 0.15) is 11.3 Å². The molecule has 2 heterocycles. The minimum Gasteiger partial charge on any atom is -0.379 e. The number of benzene rings is 1. The molecule has 1 aromatic carbocycles. The lowest BCUT2D eigenvalue weighted by atomic mass is 10.2. The lowest BCUT2D eigenvalue weighted by Crippen LogP contribution is -2.41. The van der Waals surface area contributed by atoms with Crippen molar-refractivity contribution in [2.24, 2.45) is 0 Å². The van der Waals surface area contributed by atoms with Gasteiger partial charge in [0.25, 0.3) is 0 Å². The van der Waals surface area contributed by atoms with Crippen LogP contribution in [-0.4, -0.2) is 55.2 Å². The van der Waals surface area contributed by atoms with Crippen molar-refractivity contribution >= 4 is 40.6 Å². The third-order valence-corrected chi connectivity index (χ3v) is 6.35. The number of nitrogens with one attached hydrogen (secondary N) is 1. The zero-order valence-corrected chi connectivity index (χ0v) is 16.8. The Hall–Kier alpha value is -1.12. The maximum atomic E-state index is 12.1. The molecule has 3 rings (SSSR count). The van der Waals surface area contributed by atoms with Gasteiger partial charge in [-0.2, -0.15) is 0 Å². The Labute approximate surface area is 167 Å². The number of ether oxygens (including phenoxy) is 1. The van der Waals surface area contributed by atoms with Crippen LogP contribution in [0.25, 0.3) is 0 Å². The first kappa shape index (κ1) is 19.6. The molecule has 26 heavy (non-hydrogen) atoms. The fourth-order valence-electron chi connectivity index (χ4n) is 2.61. The molecular weight excluding hydrogens is 390 g/mol. The van der Waals surface area contributed by atoms with Crippen LogP contribution in [0.3, 0.4) is 0 Å². The monoisotopic (exact) mass is 411 g/mol. The number of nitrogens with zero attached hydrogens (tertiary/aromatic N) is 2. The van der Waals surface area contributed by atoms with Crippen molar-refractivity contribution in [3.8, 4) is 0 Å². The number of thioether (sulfide) groups is 1. The number of thiazole rings is 1. The summed E-state index contributed by atoms with van der Waals surface area (Å²) in [5.41, 5.74) is 1.99. The summed E-state index contributed by atoms with van der Waals surface area (Å²) in [5, 5.41) is 5.68. The highest BCUT2D eigenvalue weighted by molar-refractivity contribution is 8.00. The Kier molecular flexibility index (Phi) is 7.76. The quantitative estimate of drug-likeness (QED) is 0.676. The molecule has 1 aliphatic rings. The van der Waals surface area contributed by atoms with Crippen LogP contribution in [0.5, 0.6) is 0 Å². The Morgan fingerprint density at radius 1 is 1.38 bits per heavy atom. The van der Waals surface area contributed by atoms with Crippen molar-refractivity contribution in [1.82, 2.24) is 15.2 Å². The van der Waals surface area contributed by atoms with E-state index in [0.717, 1.165) is 53.7 Å². The van der Waals surface area contributed by atoms with Crippen LogP contribution in [0.15, 0.2) is 34.0 Å². The average molecular weight is 412 g/mol. The first-order valence-electron chi connectivity index (χ1n) is 8.57. The first-order chi connectivity index (χ1) is 12.7. The van der Waals surface area contributed by atoms with E-state index in [1.165, 1.54) is 5.56 Å². The van der Waals surface area contributed by atoms with Gasteiger partial charge in [-0.3, -0.25) is 9.69 Å². The number of rotatable bonds is 8. The van der Waals surface area contributed by atoms with E-state index in [4.69, 9.17) is 16.3 Å². The minimum atomic E-state index is 0.0231. The molecule has 1 fully saturated rings. The minimum absolute atomic E-state index is 0.0231. The second kappa shape index (κ2) is 10.3. The molecular formula is C18H22ClN3O2S2. The molecule has 0 radical (unpaired) electrons. The maximum absolute atomic E-state index is 12.1. The second-order valence-corrected chi connectivity index (χ2v) is 8.52. The van der Waals surface area contributed by atoms with Crippen molar-refractivity contribution in [2.45, 2.75) is 16.5 Å². The fraction of sp³-hybridized carbons (Fsp3) is 0.444. The van der Waals surface area contributed by atoms with Gasteiger partial charge < -0.3 is 10.1 Å². The van der Waals surface area contributed by atoms with Gasteiger partial charge in [0.1, 0.15) is 4.34 Å². The normalized spacial score (nSPS) is 15.1. The molecule has 0 spiro atoms. The first-order valence-corrected chi connectivity index (χ1v) is 10.8. The molecule has 1 N–H and O–H groups in total. The number of aromatic nitrogens is 1. The molecule has 140 valence electrons. The third-order valence-electron chi connectivity index (χ3n) is 3.98. The number of hydrogen-bond donors (Lipinski definition) is 1. The highest BCUT2D eigenvalue weighted by Crippen LogP contribution is 2.27. The van der Waals surface area contributed by atoms with E-state index in [2.05, 4.69) is 21.3 Å². The van der Waals surface area contributed by atoms with Crippen molar-refractivity contribution in [3.63, 3.8) is 0 Å². The highest BCUT2D eigenvalue weighted by atomic mass is 35.5. The van der Waals surface area contributed by atoms with Gasteiger partial charge in [0.2, 0.25) is 5.91 Å². The van der Waals surface area contributed by atoms with E-state index in [1.807, 2.05) is 23.6 Å². The Morgan fingerprint density at radius 2 is 2.23 bits per heavy atom. The summed E-state index contributed by atoms with van der Waals surface area (Å²) in [6.07, 6.45) is 0.331. The molecule has 0 bridgehead atoms. The van der Waals surface area contributed by atoms with Crippen LogP contribution in [0, 0.1) is 0 Å². The number of carbonyl (C=O) groups is 1. The number of carbonyl (C=O) groups excluding carboxylic acids is 1. The Morgan fingerprint density at radius 3 is 3.04 bits per heavy atom. The van der Waals surface area contributed by atoms with Gasteiger partial charge >= 0.3 is 0 Å². The second-order valence-electron chi connectivity index (χ2n) is 6.00. The summed E-state index contributed by atoms with van der Waals surface area (Å²) in [4.78, 5) is 18.9. The molecule has 1 aliphatic heterocycles. The number of halogens is 1. The molecule has 2 aromatic rings. The van der Waals surface area contributed by atoms with Gasteiger partial charge in [-0.25, -0.2) is 4.98 Å². The van der Waals surface area contributed by atoms with Crippen molar-refractivity contribution in [1.29, 1.82) is 0 Å². The summed E-state index contributed by atoms with van der Waals surface area (Å²) in [6, 6.07) is 7.84. The van der Waals surface area contributed by atoms with Gasteiger partial charge in [0.05, 0.1) is 25.3 Å². The van der Waals surface area contributed by atoms with Gasteiger partial charge in [0.15, 0.2) is 0 Å². The summed E-state index contributed by atoms with van der Waals surface area (Å²) in [5.74, 6) is 0.842. The molecule has 8 heteroatoms. The van der Waals surface area contributed by atoms with Gasteiger partial charge in [-0.05, 0) is 17.7 Å². The van der Waals surface area contributed by atoms with Crippen LogP contribution in [0.2, 0.25) is 5.02 Å². The Bertz CT molecular complexity index is 720. The van der Waals surface area contributed by atoms with Gasteiger partial charge in [-0.1, -0.05) is 35.5 Å². The van der Waals surface area contributed by atoms with Gasteiger partial charge in [-0.15, -0.1) is 11.3 Å². The summed E-state index contributed by atoms with van der Waals surface area (Å²) in [6.45, 7) is 4.97.